The minimum Gasteiger partial charge on any atom is -0.378 e. The molecule has 0 saturated carbocycles. The number of para-hydroxylation sites is 1. The molecule has 1 aromatic heterocycles. The molecule has 3 aromatic rings. The molecule has 8 heteroatoms. The number of fused-ring (bicyclic) bond motifs is 1. The molecule has 186 valence electrons. The monoisotopic (exact) mass is 519 g/mol. The predicted octanol–water partition coefficient (Wildman–Crippen LogP) is 4.51. The van der Waals surface area contributed by atoms with Gasteiger partial charge in [0.25, 0.3) is 5.91 Å². The standard InChI is InChI=1S/C28H29N3O3S2/c1-2-21-9-6-10-23-22(18-30(26(21)23)19-25(32)29-13-15-34-16-14-29)17-24-27(33)31(28(35)36-24)12-11-20-7-4-3-5-8-20/h3-10,17-18H,2,11-16,19H2,1H3/b24-17-. The average molecular weight is 520 g/mol. The molecular weight excluding hydrogens is 490 g/mol. The fourth-order valence-corrected chi connectivity index (χ4v) is 6.07. The molecule has 0 spiro atoms. The second-order valence-corrected chi connectivity index (χ2v) is 10.6. The van der Waals surface area contributed by atoms with Crippen molar-refractivity contribution in [1.29, 1.82) is 0 Å². The lowest BCUT2D eigenvalue weighted by molar-refractivity contribution is -0.135. The highest BCUT2D eigenvalue weighted by molar-refractivity contribution is 8.26. The topological polar surface area (TPSA) is 54.8 Å². The van der Waals surface area contributed by atoms with E-state index in [4.69, 9.17) is 17.0 Å². The lowest BCUT2D eigenvalue weighted by Gasteiger charge is -2.27. The van der Waals surface area contributed by atoms with Gasteiger partial charge in [0.1, 0.15) is 10.9 Å². The lowest BCUT2D eigenvalue weighted by Crippen LogP contribution is -2.42. The van der Waals surface area contributed by atoms with Gasteiger partial charge in [-0.3, -0.25) is 14.5 Å². The van der Waals surface area contributed by atoms with Gasteiger partial charge in [-0.1, -0.05) is 79.4 Å². The van der Waals surface area contributed by atoms with Gasteiger partial charge in [0.2, 0.25) is 5.91 Å². The lowest BCUT2D eigenvalue weighted by atomic mass is 10.1. The van der Waals surface area contributed by atoms with Crippen molar-refractivity contribution in [1.82, 2.24) is 14.4 Å². The number of rotatable bonds is 7. The number of amides is 2. The van der Waals surface area contributed by atoms with Crippen LogP contribution in [-0.2, 0) is 33.7 Å². The Balaban J connectivity index is 1.42. The smallest absolute Gasteiger partial charge is 0.266 e. The number of hydrogen-bond donors (Lipinski definition) is 0. The summed E-state index contributed by atoms with van der Waals surface area (Å²) in [5, 5.41) is 1.04. The SMILES string of the molecule is CCc1cccc2c(/C=C3\SC(=S)N(CCc4ccccc4)C3=O)cn(CC(=O)N3CCOCC3)c12. The molecule has 0 N–H and O–H groups in total. The third-order valence-corrected chi connectivity index (χ3v) is 8.07. The van der Waals surface area contributed by atoms with E-state index in [1.54, 1.807) is 4.90 Å². The Morgan fingerprint density at radius 3 is 2.64 bits per heavy atom. The minimum atomic E-state index is -0.0575. The molecule has 0 radical (unpaired) electrons. The van der Waals surface area contributed by atoms with Crippen LogP contribution < -0.4 is 0 Å². The summed E-state index contributed by atoms with van der Waals surface area (Å²) < 4.78 is 8.02. The number of aromatic nitrogens is 1. The summed E-state index contributed by atoms with van der Waals surface area (Å²) in [6.07, 6.45) is 5.54. The Kier molecular flexibility index (Phi) is 7.55. The molecule has 2 saturated heterocycles. The van der Waals surface area contributed by atoms with Crippen LogP contribution >= 0.6 is 24.0 Å². The van der Waals surface area contributed by atoms with Gasteiger partial charge in [0.05, 0.1) is 23.6 Å². The second kappa shape index (κ2) is 11.0. The molecule has 0 aliphatic carbocycles. The summed E-state index contributed by atoms with van der Waals surface area (Å²) >= 11 is 6.90. The van der Waals surface area contributed by atoms with Crippen molar-refractivity contribution in [2.45, 2.75) is 26.3 Å². The molecule has 5 rings (SSSR count). The van der Waals surface area contributed by atoms with Crippen molar-refractivity contribution in [2.24, 2.45) is 0 Å². The van der Waals surface area contributed by atoms with Gasteiger partial charge in [0.15, 0.2) is 0 Å². The zero-order valence-electron chi connectivity index (χ0n) is 20.3. The highest BCUT2D eigenvalue weighted by Crippen LogP contribution is 2.35. The highest BCUT2D eigenvalue weighted by Gasteiger charge is 2.32. The van der Waals surface area contributed by atoms with E-state index in [1.165, 1.54) is 22.9 Å². The number of carbonyl (C=O) groups is 2. The van der Waals surface area contributed by atoms with Gasteiger partial charge in [0, 0.05) is 36.8 Å². The number of carbonyl (C=O) groups excluding carboxylic acids is 2. The predicted molar refractivity (Wildman–Crippen MR) is 149 cm³/mol. The fraction of sp³-hybridized carbons (Fsp3) is 0.321. The first-order valence-electron chi connectivity index (χ1n) is 12.3. The van der Waals surface area contributed by atoms with Crippen LogP contribution in [0.15, 0.2) is 59.6 Å². The highest BCUT2D eigenvalue weighted by atomic mass is 32.2. The molecule has 0 atom stereocenters. The van der Waals surface area contributed by atoms with Crippen molar-refractivity contribution in [3.05, 3.63) is 76.3 Å². The van der Waals surface area contributed by atoms with Crippen molar-refractivity contribution in [3.63, 3.8) is 0 Å². The normalized spacial score (nSPS) is 17.5. The average Bonchev–Trinajstić information content (AvgIpc) is 3.39. The van der Waals surface area contributed by atoms with Crippen molar-refractivity contribution in [3.8, 4) is 0 Å². The van der Waals surface area contributed by atoms with E-state index in [1.807, 2.05) is 46.0 Å². The Morgan fingerprint density at radius 1 is 1.11 bits per heavy atom. The molecule has 0 unspecified atom stereocenters. The number of aryl methyl sites for hydroxylation is 1. The van der Waals surface area contributed by atoms with Crippen LogP contribution in [0.3, 0.4) is 0 Å². The van der Waals surface area contributed by atoms with Crippen LogP contribution in [0, 0.1) is 0 Å². The summed E-state index contributed by atoms with van der Waals surface area (Å²) in [6, 6.07) is 16.3. The zero-order valence-corrected chi connectivity index (χ0v) is 21.9. The molecule has 2 amide bonds. The molecule has 2 aliphatic heterocycles. The third kappa shape index (κ3) is 5.12. The first-order chi connectivity index (χ1) is 17.5. The van der Waals surface area contributed by atoms with Crippen LogP contribution in [0.25, 0.3) is 17.0 Å². The maximum Gasteiger partial charge on any atom is 0.266 e. The summed E-state index contributed by atoms with van der Waals surface area (Å²) in [5.74, 6) is 0.0257. The summed E-state index contributed by atoms with van der Waals surface area (Å²) in [5.41, 5.74) is 4.33. The van der Waals surface area contributed by atoms with Gasteiger partial charge >= 0.3 is 0 Å². The minimum absolute atomic E-state index is 0.0575. The van der Waals surface area contributed by atoms with Crippen molar-refractivity contribution < 1.29 is 14.3 Å². The quantitative estimate of drug-likeness (QED) is 0.340. The second-order valence-electron chi connectivity index (χ2n) is 8.94. The molecule has 2 aromatic carbocycles. The molecule has 3 heterocycles. The molecular formula is C28H29N3O3S2. The first-order valence-corrected chi connectivity index (χ1v) is 13.5. The number of benzene rings is 2. The Bertz CT molecular complexity index is 1330. The molecule has 2 fully saturated rings. The van der Waals surface area contributed by atoms with Gasteiger partial charge < -0.3 is 14.2 Å². The van der Waals surface area contributed by atoms with Crippen LogP contribution in [0.4, 0.5) is 0 Å². The summed E-state index contributed by atoms with van der Waals surface area (Å²) in [6.45, 7) is 5.34. The van der Waals surface area contributed by atoms with Crippen LogP contribution in [0.2, 0.25) is 0 Å². The number of ether oxygens (including phenoxy) is 1. The maximum atomic E-state index is 13.3. The van der Waals surface area contributed by atoms with Crippen molar-refractivity contribution in [2.75, 3.05) is 32.8 Å². The van der Waals surface area contributed by atoms with Crippen LogP contribution in [0.1, 0.15) is 23.6 Å². The third-order valence-electron chi connectivity index (χ3n) is 6.69. The Morgan fingerprint density at radius 2 is 1.89 bits per heavy atom. The Labute approximate surface area is 220 Å². The first kappa shape index (κ1) is 24.7. The molecule has 2 aliphatic rings. The van der Waals surface area contributed by atoms with E-state index in [2.05, 4.69) is 31.2 Å². The van der Waals surface area contributed by atoms with E-state index in [-0.39, 0.29) is 18.4 Å². The summed E-state index contributed by atoms with van der Waals surface area (Å²) in [4.78, 5) is 30.5. The maximum absolute atomic E-state index is 13.3. The number of nitrogens with zero attached hydrogens (tertiary/aromatic N) is 3. The van der Waals surface area contributed by atoms with Gasteiger partial charge in [-0.05, 0) is 30.0 Å². The van der Waals surface area contributed by atoms with E-state index in [0.717, 1.165) is 29.3 Å². The largest absolute Gasteiger partial charge is 0.378 e. The number of hydrogen-bond acceptors (Lipinski definition) is 5. The van der Waals surface area contributed by atoms with E-state index in [9.17, 15) is 9.59 Å². The summed E-state index contributed by atoms with van der Waals surface area (Å²) in [7, 11) is 0. The van der Waals surface area contributed by atoms with E-state index in [0.29, 0.717) is 42.1 Å². The molecule has 36 heavy (non-hydrogen) atoms. The number of morpholine rings is 1. The van der Waals surface area contributed by atoms with E-state index >= 15 is 0 Å². The van der Waals surface area contributed by atoms with Gasteiger partial charge in [-0.15, -0.1) is 0 Å². The zero-order chi connectivity index (χ0) is 25.1. The van der Waals surface area contributed by atoms with Gasteiger partial charge in [-0.2, -0.15) is 0 Å². The Hall–Kier alpha value is -2.94. The van der Waals surface area contributed by atoms with Gasteiger partial charge in [-0.25, -0.2) is 0 Å². The van der Waals surface area contributed by atoms with E-state index < -0.39 is 0 Å². The number of thiocarbonyl (C=S) groups is 1. The van der Waals surface area contributed by atoms with Crippen molar-refractivity contribution >= 4 is 57.1 Å². The fourth-order valence-electron chi connectivity index (χ4n) is 4.77. The number of thioether (sulfide) groups is 1. The molecule has 6 nitrogen and oxygen atoms in total. The molecule has 0 bridgehead atoms. The van der Waals surface area contributed by atoms with Crippen LogP contribution in [-0.4, -0.2) is 63.3 Å². The van der Waals surface area contributed by atoms with Crippen LogP contribution in [0.5, 0.6) is 0 Å².